The molecule has 2 heterocycles. The van der Waals surface area contributed by atoms with Gasteiger partial charge in [-0.2, -0.15) is 5.10 Å². The minimum atomic E-state index is -0.938. The monoisotopic (exact) mass is 374 g/mol. The normalized spacial score (nSPS) is 11.5. The van der Waals surface area contributed by atoms with E-state index in [4.69, 9.17) is 4.98 Å². The maximum absolute atomic E-state index is 11.3. The Morgan fingerprint density at radius 1 is 1.11 bits per heavy atom. The van der Waals surface area contributed by atoms with Gasteiger partial charge in [0.2, 0.25) is 0 Å². The van der Waals surface area contributed by atoms with Crippen molar-refractivity contribution in [1.29, 1.82) is 0 Å². The summed E-state index contributed by atoms with van der Waals surface area (Å²) in [6.45, 7) is 4.23. The fraction of sp³-hybridized carbons (Fsp3) is 0.227. The minimum Gasteiger partial charge on any atom is -0.478 e. The van der Waals surface area contributed by atoms with E-state index in [2.05, 4.69) is 42.0 Å². The summed E-state index contributed by atoms with van der Waals surface area (Å²) in [5, 5.41) is 15.5. The van der Waals surface area contributed by atoms with Crippen LogP contribution < -0.4 is 4.90 Å². The Labute approximate surface area is 163 Å². The predicted octanol–water partition coefficient (Wildman–Crippen LogP) is 4.33. The summed E-state index contributed by atoms with van der Waals surface area (Å²) in [6.07, 6.45) is 1.85. The topological polar surface area (TPSA) is 71.2 Å². The number of rotatable bonds is 4. The van der Waals surface area contributed by atoms with Gasteiger partial charge in [-0.05, 0) is 50.2 Å². The lowest BCUT2D eigenvalue weighted by molar-refractivity contribution is 0.0697. The summed E-state index contributed by atoms with van der Waals surface area (Å²) in [4.78, 5) is 18.4. The molecule has 0 amide bonds. The van der Waals surface area contributed by atoms with Crippen LogP contribution in [-0.4, -0.2) is 38.9 Å². The highest BCUT2D eigenvalue weighted by molar-refractivity contribution is 5.96. The van der Waals surface area contributed by atoms with Gasteiger partial charge in [-0.1, -0.05) is 6.07 Å². The van der Waals surface area contributed by atoms with Crippen molar-refractivity contribution in [2.75, 3.05) is 11.9 Å². The zero-order valence-corrected chi connectivity index (χ0v) is 16.3. The molecule has 0 atom stereocenters. The zero-order chi connectivity index (χ0) is 20.0. The van der Waals surface area contributed by atoms with Gasteiger partial charge < -0.3 is 10.0 Å². The molecular weight excluding hydrogens is 352 g/mol. The SMILES string of the molecule is CC(C)N(C)c1cc2cc(C(=O)O)ccc2nc1-c1ccc2c(cnn2C)c1. The Morgan fingerprint density at radius 3 is 2.61 bits per heavy atom. The van der Waals surface area contributed by atoms with Crippen molar-refractivity contribution in [3.05, 3.63) is 54.2 Å². The highest BCUT2D eigenvalue weighted by atomic mass is 16.4. The largest absolute Gasteiger partial charge is 0.478 e. The second-order valence-electron chi connectivity index (χ2n) is 7.32. The van der Waals surface area contributed by atoms with E-state index in [-0.39, 0.29) is 11.6 Å². The Balaban J connectivity index is 1.97. The lowest BCUT2D eigenvalue weighted by atomic mass is 10.0. The molecule has 0 spiro atoms. The van der Waals surface area contributed by atoms with Crippen LogP contribution >= 0.6 is 0 Å². The molecular formula is C22H22N4O2. The van der Waals surface area contributed by atoms with Crippen molar-refractivity contribution in [2.24, 2.45) is 7.05 Å². The molecule has 0 saturated heterocycles. The van der Waals surface area contributed by atoms with E-state index in [0.717, 1.165) is 38.8 Å². The van der Waals surface area contributed by atoms with Gasteiger partial charge in [0.15, 0.2) is 0 Å². The average molecular weight is 374 g/mol. The minimum absolute atomic E-state index is 0.261. The number of carboxylic acid groups (broad SMARTS) is 1. The van der Waals surface area contributed by atoms with E-state index < -0.39 is 5.97 Å². The van der Waals surface area contributed by atoms with Crippen LogP contribution in [0.2, 0.25) is 0 Å². The fourth-order valence-corrected chi connectivity index (χ4v) is 3.37. The van der Waals surface area contributed by atoms with Gasteiger partial charge in [0.1, 0.15) is 0 Å². The van der Waals surface area contributed by atoms with Crippen LogP contribution in [0.1, 0.15) is 24.2 Å². The molecule has 28 heavy (non-hydrogen) atoms. The van der Waals surface area contributed by atoms with E-state index >= 15 is 0 Å². The molecule has 1 N–H and O–H groups in total. The number of aromatic nitrogens is 3. The molecule has 6 nitrogen and oxygen atoms in total. The number of anilines is 1. The van der Waals surface area contributed by atoms with Crippen LogP contribution in [0.4, 0.5) is 5.69 Å². The number of nitrogens with zero attached hydrogens (tertiary/aromatic N) is 4. The van der Waals surface area contributed by atoms with E-state index in [0.29, 0.717) is 0 Å². The summed E-state index contributed by atoms with van der Waals surface area (Å²) in [5.41, 5.74) is 4.94. The number of benzene rings is 2. The Hall–Kier alpha value is -3.41. The summed E-state index contributed by atoms with van der Waals surface area (Å²) < 4.78 is 1.85. The van der Waals surface area contributed by atoms with E-state index in [9.17, 15) is 9.90 Å². The number of hydrogen-bond donors (Lipinski definition) is 1. The number of fused-ring (bicyclic) bond motifs is 2. The van der Waals surface area contributed by atoms with Gasteiger partial charge in [-0.3, -0.25) is 4.68 Å². The van der Waals surface area contributed by atoms with Crippen molar-refractivity contribution < 1.29 is 9.90 Å². The van der Waals surface area contributed by atoms with Crippen molar-refractivity contribution in [1.82, 2.24) is 14.8 Å². The summed E-state index contributed by atoms with van der Waals surface area (Å²) in [6, 6.07) is 13.5. The molecule has 4 rings (SSSR count). The lowest BCUT2D eigenvalue weighted by Gasteiger charge is -2.26. The predicted molar refractivity (Wildman–Crippen MR) is 112 cm³/mol. The first kappa shape index (κ1) is 18.0. The number of hydrogen-bond acceptors (Lipinski definition) is 4. The van der Waals surface area contributed by atoms with Gasteiger partial charge in [0.25, 0.3) is 0 Å². The van der Waals surface area contributed by atoms with Crippen molar-refractivity contribution >= 4 is 33.5 Å². The van der Waals surface area contributed by atoms with Crippen molar-refractivity contribution in [3.8, 4) is 11.3 Å². The summed E-state index contributed by atoms with van der Waals surface area (Å²) >= 11 is 0. The molecule has 142 valence electrons. The molecule has 4 aromatic rings. The molecule has 0 aliphatic rings. The average Bonchev–Trinajstić information content (AvgIpc) is 3.06. The van der Waals surface area contributed by atoms with Crippen LogP contribution in [0.5, 0.6) is 0 Å². The first-order valence-corrected chi connectivity index (χ1v) is 9.18. The number of carbonyl (C=O) groups is 1. The summed E-state index contributed by atoms with van der Waals surface area (Å²) in [7, 11) is 3.95. The van der Waals surface area contributed by atoms with Crippen LogP contribution in [0.3, 0.4) is 0 Å². The maximum Gasteiger partial charge on any atom is 0.335 e. The quantitative estimate of drug-likeness (QED) is 0.576. The third kappa shape index (κ3) is 2.97. The number of aromatic carboxylic acids is 1. The van der Waals surface area contributed by atoms with Crippen LogP contribution in [0.25, 0.3) is 33.1 Å². The van der Waals surface area contributed by atoms with Crippen LogP contribution in [0.15, 0.2) is 48.7 Å². The number of carboxylic acids is 1. The van der Waals surface area contributed by atoms with Gasteiger partial charge in [0, 0.05) is 36.5 Å². The van der Waals surface area contributed by atoms with Crippen LogP contribution in [0, 0.1) is 0 Å². The molecule has 0 saturated carbocycles. The molecule has 2 aromatic carbocycles. The lowest BCUT2D eigenvalue weighted by Crippen LogP contribution is -2.26. The van der Waals surface area contributed by atoms with Gasteiger partial charge >= 0.3 is 5.97 Å². The second kappa shape index (κ2) is 6.64. The van der Waals surface area contributed by atoms with Crippen LogP contribution in [-0.2, 0) is 7.05 Å². The molecule has 2 aromatic heterocycles. The second-order valence-corrected chi connectivity index (χ2v) is 7.32. The highest BCUT2D eigenvalue weighted by Crippen LogP contribution is 2.34. The Morgan fingerprint density at radius 2 is 1.89 bits per heavy atom. The molecule has 0 unspecified atom stereocenters. The smallest absolute Gasteiger partial charge is 0.335 e. The standard InChI is InChI=1S/C22H22N4O2/c1-13(2)25(3)20-11-16-10-15(22(27)28)5-7-18(16)24-21(20)14-6-8-19-17(9-14)12-23-26(19)4/h5-13H,1-4H3,(H,27,28). The summed E-state index contributed by atoms with van der Waals surface area (Å²) in [5.74, 6) is -0.938. The van der Waals surface area contributed by atoms with Gasteiger partial charge in [-0.25, -0.2) is 9.78 Å². The molecule has 0 radical (unpaired) electrons. The zero-order valence-electron chi connectivity index (χ0n) is 16.3. The Kier molecular flexibility index (Phi) is 4.26. The molecule has 0 bridgehead atoms. The molecule has 0 fully saturated rings. The Bertz CT molecular complexity index is 1210. The van der Waals surface area contributed by atoms with Crippen molar-refractivity contribution in [2.45, 2.75) is 19.9 Å². The maximum atomic E-state index is 11.3. The first-order chi connectivity index (χ1) is 13.3. The van der Waals surface area contributed by atoms with Crippen molar-refractivity contribution in [3.63, 3.8) is 0 Å². The van der Waals surface area contributed by atoms with Gasteiger partial charge in [0.05, 0.1) is 34.2 Å². The third-order valence-electron chi connectivity index (χ3n) is 5.22. The van der Waals surface area contributed by atoms with E-state index in [1.54, 1.807) is 18.2 Å². The first-order valence-electron chi connectivity index (χ1n) is 9.18. The third-order valence-corrected chi connectivity index (χ3v) is 5.22. The van der Waals surface area contributed by atoms with E-state index in [1.165, 1.54) is 0 Å². The molecule has 0 aliphatic heterocycles. The molecule has 6 heteroatoms. The fourth-order valence-electron chi connectivity index (χ4n) is 3.37. The highest BCUT2D eigenvalue weighted by Gasteiger charge is 2.17. The molecule has 0 aliphatic carbocycles. The number of pyridine rings is 1. The van der Waals surface area contributed by atoms with Gasteiger partial charge in [-0.15, -0.1) is 0 Å². The number of aryl methyl sites for hydroxylation is 1. The van der Waals surface area contributed by atoms with E-state index in [1.807, 2.05) is 31.0 Å².